The van der Waals surface area contributed by atoms with E-state index in [9.17, 15) is 0 Å². The maximum absolute atomic E-state index is 5.78. The van der Waals surface area contributed by atoms with E-state index in [1.54, 1.807) is 0 Å². The zero-order valence-electron chi connectivity index (χ0n) is 16.7. The molecule has 1 aromatic rings. The molecule has 0 spiro atoms. The molecule has 144 valence electrons. The molecule has 1 unspecified atom stereocenters. The summed E-state index contributed by atoms with van der Waals surface area (Å²) in [6, 6.07) is 6.97. The summed E-state index contributed by atoms with van der Waals surface area (Å²) >= 11 is 0. The van der Waals surface area contributed by atoms with Crippen LogP contribution in [0.15, 0.2) is 18.2 Å². The van der Waals surface area contributed by atoms with Gasteiger partial charge in [-0.15, -0.1) is 0 Å². The molecular weight excluding hydrogens is 322 g/mol. The third-order valence-electron chi connectivity index (χ3n) is 7.22. The first kappa shape index (κ1) is 18.2. The molecule has 0 amide bonds. The van der Waals surface area contributed by atoms with Crippen LogP contribution in [0.25, 0.3) is 0 Å². The molecule has 0 heterocycles. The van der Waals surface area contributed by atoms with Gasteiger partial charge in [0, 0.05) is 12.6 Å². The minimum atomic E-state index is 0.558. The summed E-state index contributed by atoms with van der Waals surface area (Å²) in [4.78, 5) is 0. The maximum Gasteiger partial charge on any atom is 0.161 e. The zero-order valence-corrected chi connectivity index (χ0v) is 16.7. The maximum atomic E-state index is 5.78. The Balaban J connectivity index is 1.41. The lowest BCUT2D eigenvalue weighted by atomic mass is 9.48. The summed E-state index contributed by atoms with van der Waals surface area (Å²) in [6.45, 7) is 8.72. The van der Waals surface area contributed by atoms with Gasteiger partial charge in [-0.05, 0) is 100 Å². The van der Waals surface area contributed by atoms with Gasteiger partial charge < -0.3 is 14.8 Å². The van der Waals surface area contributed by atoms with Crippen molar-refractivity contribution in [1.29, 1.82) is 0 Å². The van der Waals surface area contributed by atoms with Crippen LogP contribution in [-0.2, 0) is 6.54 Å². The fraction of sp³-hybridized carbons (Fsp3) is 0.739. The van der Waals surface area contributed by atoms with Crippen LogP contribution in [0, 0.1) is 23.2 Å². The van der Waals surface area contributed by atoms with E-state index in [4.69, 9.17) is 9.47 Å². The first-order valence-corrected chi connectivity index (χ1v) is 10.7. The minimum absolute atomic E-state index is 0.558. The van der Waals surface area contributed by atoms with Crippen molar-refractivity contribution < 1.29 is 9.47 Å². The SMILES string of the molecule is CCOc1ccc(CNC(C)C23CC4CC(CC(C4)C2)C3)cc1OCC. The first-order valence-electron chi connectivity index (χ1n) is 10.7. The van der Waals surface area contributed by atoms with Crippen molar-refractivity contribution >= 4 is 0 Å². The van der Waals surface area contributed by atoms with Gasteiger partial charge in [0.1, 0.15) is 0 Å². The van der Waals surface area contributed by atoms with Crippen molar-refractivity contribution in [3.63, 3.8) is 0 Å². The standard InChI is InChI=1S/C23H35NO2/c1-4-25-21-7-6-17(11-22(21)26-5-2)15-24-16(3)23-12-18-8-19(13-23)10-20(9-18)14-23/h6-7,11,16,18-20,24H,4-5,8-10,12-15H2,1-3H3. The van der Waals surface area contributed by atoms with Gasteiger partial charge >= 0.3 is 0 Å². The summed E-state index contributed by atoms with van der Waals surface area (Å²) in [7, 11) is 0. The largest absolute Gasteiger partial charge is 0.490 e. The van der Waals surface area contributed by atoms with Crippen LogP contribution in [0.5, 0.6) is 11.5 Å². The molecule has 4 bridgehead atoms. The van der Waals surface area contributed by atoms with Gasteiger partial charge in [-0.25, -0.2) is 0 Å². The number of nitrogens with one attached hydrogen (secondary N) is 1. The number of hydrogen-bond acceptors (Lipinski definition) is 3. The summed E-state index contributed by atoms with van der Waals surface area (Å²) in [5.74, 6) is 4.77. The van der Waals surface area contributed by atoms with E-state index >= 15 is 0 Å². The van der Waals surface area contributed by atoms with Crippen molar-refractivity contribution in [1.82, 2.24) is 5.32 Å². The van der Waals surface area contributed by atoms with Gasteiger partial charge in [0.15, 0.2) is 11.5 Å². The highest BCUT2D eigenvalue weighted by atomic mass is 16.5. The molecule has 4 aliphatic carbocycles. The van der Waals surface area contributed by atoms with Crippen LogP contribution in [0.2, 0.25) is 0 Å². The number of benzene rings is 1. The van der Waals surface area contributed by atoms with E-state index in [0.717, 1.165) is 35.8 Å². The molecular formula is C23H35NO2. The first-order chi connectivity index (χ1) is 12.6. The van der Waals surface area contributed by atoms with Crippen molar-refractivity contribution in [3.8, 4) is 11.5 Å². The van der Waals surface area contributed by atoms with Crippen LogP contribution < -0.4 is 14.8 Å². The second-order valence-electron chi connectivity index (χ2n) is 9.03. The van der Waals surface area contributed by atoms with Gasteiger partial charge in [0.2, 0.25) is 0 Å². The predicted molar refractivity (Wildman–Crippen MR) is 106 cm³/mol. The monoisotopic (exact) mass is 357 g/mol. The van der Waals surface area contributed by atoms with E-state index in [1.807, 2.05) is 13.8 Å². The van der Waals surface area contributed by atoms with Gasteiger partial charge in [-0.3, -0.25) is 0 Å². The van der Waals surface area contributed by atoms with E-state index in [1.165, 1.54) is 44.1 Å². The smallest absolute Gasteiger partial charge is 0.161 e. The second-order valence-corrected chi connectivity index (χ2v) is 9.03. The third-order valence-corrected chi connectivity index (χ3v) is 7.22. The summed E-state index contributed by atoms with van der Waals surface area (Å²) in [6.07, 6.45) is 8.93. The Kier molecular flexibility index (Phi) is 5.18. The summed E-state index contributed by atoms with van der Waals surface area (Å²) < 4.78 is 11.5. The predicted octanol–water partition coefficient (Wildman–Crippen LogP) is 5.18. The number of hydrogen-bond donors (Lipinski definition) is 1. The highest BCUT2D eigenvalue weighted by molar-refractivity contribution is 5.43. The van der Waals surface area contributed by atoms with Crippen molar-refractivity contribution in [3.05, 3.63) is 23.8 Å². The van der Waals surface area contributed by atoms with Gasteiger partial charge in [0.25, 0.3) is 0 Å². The molecule has 0 saturated heterocycles. The molecule has 0 radical (unpaired) electrons. The topological polar surface area (TPSA) is 30.5 Å². The lowest BCUT2D eigenvalue weighted by Crippen LogP contribution is -2.54. The number of ether oxygens (including phenoxy) is 2. The normalized spacial score (nSPS) is 33.3. The van der Waals surface area contributed by atoms with Crippen LogP contribution in [-0.4, -0.2) is 19.3 Å². The van der Waals surface area contributed by atoms with E-state index in [-0.39, 0.29) is 0 Å². The highest BCUT2D eigenvalue weighted by Crippen LogP contribution is 2.61. The molecule has 0 aromatic heterocycles. The Morgan fingerprint density at radius 3 is 2.12 bits per heavy atom. The van der Waals surface area contributed by atoms with Gasteiger partial charge in [0.05, 0.1) is 13.2 Å². The molecule has 4 fully saturated rings. The molecule has 26 heavy (non-hydrogen) atoms. The third kappa shape index (κ3) is 3.47. The van der Waals surface area contributed by atoms with Crippen LogP contribution in [0.4, 0.5) is 0 Å². The second kappa shape index (κ2) is 7.42. The molecule has 4 saturated carbocycles. The van der Waals surface area contributed by atoms with Crippen molar-refractivity contribution in [2.75, 3.05) is 13.2 Å². The van der Waals surface area contributed by atoms with Crippen molar-refractivity contribution in [2.45, 2.75) is 71.9 Å². The van der Waals surface area contributed by atoms with Crippen LogP contribution in [0.3, 0.4) is 0 Å². The molecule has 0 aliphatic heterocycles. The molecule has 1 atom stereocenters. The Bertz CT molecular complexity index is 591. The summed E-state index contributed by atoms with van der Waals surface area (Å²) in [5.41, 5.74) is 1.84. The molecule has 3 heteroatoms. The molecule has 1 aromatic carbocycles. The quantitative estimate of drug-likeness (QED) is 0.695. The highest BCUT2D eigenvalue weighted by Gasteiger charge is 2.52. The Morgan fingerprint density at radius 1 is 0.962 bits per heavy atom. The average Bonchev–Trinajstić information content (AvgIpc) is 2.61. The van der Waals surface area contributed by atoms with Crippen molar-refractivity contribution in [2.24, 2.45) is 23.2 Å². The Hall–Kier alpha value is -1.22. The minimum Gasteiger partial charge on any atom is -0.490 e. The molecule has 1 N–H and O–H groups in total. The zero-order chi connectivity index (χ0) is 18.1. The van der Waals surface area contributed by atoms with Gasteiger partial charge in [-0.1, -0.05) is 6.07 Å². The molecule has 3 nitrogen and oxygen atoms in total. The Morgan fingerprint density at radius 2 is 1.54 bits per heavy atom. The van der Waals surface area contributed by atoms with E-state index < -0.39 is 0 Å². The lowest BCUT2D eigenvalue weighted by molar-refractivity contribution is -0.0706. The number of rotatable bonds is 8. The Labute approximate surface area is 158 Å². The average molecular weight is 358 g/mol. The van der Waals surface area contributed by atoms with E-state index in [2.05, 4.69) is 30.4 Å². The van der Waals surface area contributed by atoms with E-state index in [0.29, 0.717) is 24.7 Å². The molecule has 5 rings (SSSR count). The summed E-state index contributed by atoms with van der Waals surface area (Å²) in [5, 5.41) is 3.88. The molecule has 4 aliphatic rings. The fourth-order valence-electron chi connectivity index (χ4n) is 6.40. The van der Waals surface area contributed by atoms with Gasteiger partial charge in [-0.2, -0.15) is 0 Å². The lowest BCUT2D eigenvalue weighted by Gasteiger charge is -2.59. The van der Waals surface area contributed by atoms with Crippen LogP contribution >= 0.6 is 0 Å². The fourth-order valence-corrected chi connectivity index (χ4v) is 6.40. The van der Waals surface area contributed by atoms with Crippen LogP contribution in [0.1, 0.15) is 64.9 Å².